The molecule has 2 aromatic rings. The van der Waals surface area contributed by atoms with Crippen LogP contribution in [0.5, 0.6) is 5.75 Å². The zero-order valence-corrected chi connectivity index (χ0v) is 20.6. The summed E-state index contributed by atoms with van der Waals surface area (Å²) in [6.45, 7) is 1.21. The van der Waals surface area contributed by atoms with Gasteiger partial charge in [0.15, 0.2) is 0 Å². The van der Waals surface area contributed by atoms with Crippen LogP contribution in [0.3, 0.4) is 0 Å². The van der Waals surface area contributed by atoms with Gasteiger partial charge in [-0.05, 0) is 85.6 Å². The van der Waals surface area contributed by atoms with Crippen molar-refractivity contribution in [2.24, 2.45) is 11.3 Å². The summed E-state index contributed by atoms with van der Waals surface area (Å²) in [6, 6.07) is 12.3. The summed E-state index contributed by atoms with van der Waals surface area (Å²) in [6.07, 6.45) is 2.46. The van der Waals surface area contributed by atoms with Crippen LogP contribution in [-0.2, 0) is 9.59 Å². The molecular formula is C28H28F3N3O4. The van der Waals surface area contributed by atoms with E-state index in [9.17, 15) is 27.6 Å². The van der Waals surface area contributed by atoms with E-state index < -0.39 is 6.36 Å². The lowest BCUT2D eigenvalue weighted by molar-refractivity contribution is -0.274. The van der Waals surface area contributed by atoms with Crippen LogP contribution in [0.25, 0.3) is 6.08 Å². The molecule has 0 bridgehead atoms. The van der Waals surface area contributed by atoms with Crippen molar-refractivity contribution in [2.45, 2.75) is 44.5 Å². The molecule has 0 aromatic heterocycles. The number of piperidine rings is 1. The monoisotopic (exact) mass is 527 g/mol. The number of benzene rings is 2. The third kappa shape index (κ3) is 6.35. The normalized spacial score (nSPS) is 20.3. The van der Waals surface area contributed by atoms with E-state index in [0.717, 1.165) is 32.1 Å². The first-order chi connectivity index (χ1) is 18.1. The number of halogens is 3. The number of alkyl halides is 3. The second-order valence-corrected chi connectivity index (χ2v) is 10.2. The Balaban J connectivity index is 1.06. The van der Waals surface area contributed by atoms with Gasteiger partial charge in [0.2, 0.25) is 11.8 Å². The quantitative estimate of drug-likeness (QED) is 0.509. The number of carbonyl (C=O) groups is 3. The number of nitrogens with zero attached hydrogens (tertiary/aromatic N) is 1. The van der Waals surface area contributed by atoms with Gasteiger partial charge in [-0.15, -0.1) is 13.2 Å². The van der Waals surface area contributed by atoms with E-state index in [0.29, 0.717) is 29.9 Å². The highest BCUT2D eigenvalue weighted by atomic mass is 19.4. The molecule has 3 amide bonds. The molecule has 1 atom stereocenters. The predicted molar refractivity (Wildman–Crippen MR) is 134 cm³/mol. The Labute approximate surface area is 218 Å². The lowest BCUT2D eigenvalue weighted by atomic mass is 9.92. The second-order valence-electron chi connectivity index (χ2n) is 10.2. The fourth-order valence-electron chi connectivity index (χ4n) is 4.90. The molecule has 1 saturated heterocycles. The minimum atomic E-state index is -4.75. The zero-order chi connectivity index (χ0) is 26.9. The Kier molecular flexibility index (Phi) is 6.90. The summed E-state index contributed by atoms with van der Waals surface area (Å²) in [4.78, 5) is 39.1. The number of hydrogen-bond donors (Lipinski definition) is 2. The molecule has 2 N–H and O–H groups in total. The van der Waals surface area contributed by atoms with Crippen molar-refractivity contribution >= 4 is 29.5 Å². The van der Waals surface area contributed by atoms with Crippen molar-refractivity contribution in [3.05, 3.63) is 65.7 Å². The van der Waals surface area contributed by atoms with Gasteiger partial charge in [0.1, 0.15) is 5.75 Å². The number of carbonyl (C=O) groups excluding carboxylic acids is 3. The number of nitrogens with one attached hydrogen (secondary N) is 2. The summed E-state index contributed by atoms with van der Waals surface area (Å²) in [5.74, 6) is -0.490. The largest absolute Gasteiger partial charge is 0.573 e. The summed E-state index contributed by atoms with van der Waals surface area (Å²) in [7, 11) is 0. The molecule has 1 heterocycles. The summed E-state index contributed by atoms with van der Waals surface area (Å²) >= 11 is 0. The third-order valence-electron chi connectivity index (χ3n) is 7.44. The Hall–Kier alpha value is -3.82. The lowest BCUT2D eigenvalue weighted by Crippen LogP contribution is -2.41. The summed E-state index contributed by atoms with van der Waals surface area (Å²) < 4.78 is 40.6. The minimum Gasteiger partial charge on any atom is -0.406 e. The van der Waals surface area contributed by atoms with Crippen LogP contribution in [0.2, 0.25) is 0 Å². The number of amides is 3. The molecule has 3 fully saturated rings. The van der Waals surface area contributed by atoms with E-state index in [4.69, 9.17) is 0 Å². The molecular weight excluding hydrogens is 499 g/mol. The SMILES string of the molecule is O=C(/C=C/c1ccc(OC(F)(F)F)cc1)NC1CC12CCN(C(=O)c1ccc(NC(=O)C3CC3)cc1)CC2. The topological polar surface area (TPSA) is 87.7 Å². The van der Waals surface area contributed by atoms with Crippen molar-refractivity contribution in [3.63, 3.8) is 0 Å². The highest BCUT2D eigenvalue weighted by Crippen LogP contribution is 2.54. The number of ether oxygens (including phenoxy) is 1. The van der Waals surface area contributed by atoms with Crippen LogP contribution in [-0.4, -0.2) is 48.1 Å². The molecule has 2 saturated carbocycles. The van der Waals surface area contributed by atoms with E-state index in [1.165, 1.54) is 36.4 Å². The van der Waals surface area contributed by atoms with Gasteiger partial charge in [0.25, 0.3) is 5.91 Å². The van der Waals surface area contributed by atoms with Crippen LogP contribution in [0.1, 0.15) is 48.0 Å². The van der Waals surface area contributed by atoms with Crippen LogP contribution in [0.15, 0.2) is 54.6 Å². The fourth-order valence-corrected chi connectivity index (χ4v) is 4.90. The maximum Gasteiger partial charge on any atom is 0.573 e. The number of anilines is 1. The van der Waals surface area contributed by atoms with Gasteiger partial charge in [-0.1, -0.05) is 12.1 Å². The van der Waals surface area contributed by atoms with E-state index in [2.05, 4.69) is 15.4 Å². The van der Waals surface area contributed by atoms with Crippen molar-refractivity contribution in [3.8, 4) is 5.75 Å². The standard InChI is InChI=1S/C28H28F3N3O4/c29-28(30,31)38-22-10-1-18(2-11-22)3-12-24(35)33-23-17-27(23)13-15-34(16-14-27)26(37)20-6-8-21(9-7-20)32-25(36)19-4-5-19/h1-3,6-12,19,23H,4-5,13-17H2,(H,32,36)(H,33,35)/b12-3+. The van der Waals surface area contributed by atoms with Gasteiger partial charge in [0.05, 0.1) is 0 Å². The van der Waals surface area contributed by atoms with Crippen molar-refractivity contribution in [1.29, 1.82) is 0 Å². The lowest BCUT2D eigenvalue weighted by Gasteiger charge is -2.33. The van der Waals surface area contributed by atoms with E-state index in [-0.39, 0.29) is 40.8 Å². The molecule has 1 unspecified atom stereocenters. The third-order valence-corrected chi connectivity index (χ3v) is 7.44. The van der Waals surface area contributed by atoms with Crippen molar-refractivity contribution in [2.75, 3.05) is 18.4 Å². The molecule has 1 spiro atoms. The van der Waals surface area contributed by atoms with E-state index in [1.807, 2.05) is 4.90 Å². The molecule has 2 aromatic carbocycles. The smallest absolute Gasteiger partial charge is 0.406 e. The molecule has 38 heavy (non-hydrogen) atoms. The first-order valence-corrected chi connectivity index (χ1v) is 12.6. The first-order valence-electron chi connectivity index (χ1n) is 12.6. The Morgan fingerprint density at radius 3 is 2.24 bits per heavy atom. The van der Waals surface area contributed by atoms with Crippen LogP contribution in [0.4, 0.5) is 18.9 Å². The zero-order valence-electron chi connectivity index (χ0n) is 20.6. The van der Waals surface area contributed by atoms with Gasteiger partial charge >= 0.3 is 6.36 Å². The maximum absolute atomic E-state index is 12.9. The van der Waals surface area contributed by atoms with E-state index >= 15 is 0 Å². The molecule has 7 nitrogen and oxygen atoms in total. The van der Waals surface area contributed by atoms with Gasteiger partial charge in [-0.25, -0.2) is 0 Å². The molecule has 10 heteroatoms. The Bertz CT molecular complexity index is 1230. The van der Waals surface area contributed by atoms with Crippen molar-refractivity contribution in [1.82, 2.24) is 10.2 Å². The van der Waals surface area contributed by atoms with Crippen LogP contribution in [0, 0.1) is 11.3 Å². The highest BCUT2D eigenvalue weighted by Gasteiger charge is 2.55. The number of hydrogen-bond acceptors (Lipinski definition) is 4. The minimum absolute atomic E-state index is 0.00614. The van der Waals surface area contributed by atoms with E-state index in [1.54, 1.807) is 24.3 Å². The van der Waals surface area contributed by atoms with Gasteiger partial charge < -0.3 is 20.3 Å². The Morgan fingerprint density at radius 2 is 1.63 bits per heavy atom. The maximum atomic E-state index is 12.9. The number of likely N-dealkylation sites (tertiary alicyclic amines) is 1. The van der Waals surface area contributed by atoms with Crippen LogP contribution >= 0.6 is 0 Å². The summed E-state index contributed by atoms with van der Waals surface area (Å²) in [5, 5.41) is 5.87. The van der Waals surface area contributed by atoms with Gasteiger partial charge in [-0.3, -0.25) is 14.4 Å². The highest BCUT2D eigenvalue weighted by molar-refractivity contribution is 5.97. The average molecular weight is 528 g/mol. The van der Waals surface area contributed by atoms with Gasteiger partial charge in [0, 0.05) is 42.4 Å². The Morgan fingerprint density at radius 1 is 0.974 bits per heavy atom. The predicted octanol–water partition coefficient (Wildman–Crippen LogP) is 4.76. The van der Waals surface area contributed by atoms with Crippen LogP contribution < -0.4 is 15.4 Å². The average Bonchev–Trinajstić information content (AvgIpc) is 3.81. The first kappa shape index (κ1) is 25.8. The molecule has 1 aliphatic heterocycles. The second kappa shape index (κ2) is 10.2. The summed E-state index contributed by atoms with van der Waals surface area (Å²) in [5.41, 5.74) is 1.84. The number of rotatable bonds is 7. The van der Waals surface area contributed by atoms with Gasteiger partial charge in [-0.2, -0.15) is 0 Å². The van der Waals surface area contributed by atoms with Crippen molar-refractivity contribution < 1.29 is 32.3 Å². The molecule has 0 radical (unpaired) electrons. The fraction of sp³-hybridized carbons (Fsp3) is 0.393. The molecule has 200 valence electrons. The molecule has 5 rings (SSSR count). The molecule has 2 aliphatic carbocycles. The molecule has 3 aliphatic rings.